The number of hydrogen-bond acceptors (Lipinski definition) is 4. The molecule has 0 atom stereocenters. The Balaban J connectivity index is 1.72. The van der Waals surface area contributed by atoms with Crippen molar-refractivity contribution >= 4 is 38.5 Å². The highest BCUT2D eigenvalue weighted by Gasteiger charge is 2.09. The second-order valence-electron chi connectivity index (χ2n) is 5.82. The number of carbonyl (C=O) groups excluding carboxylic acids is 1. The highest BCUT2D eigenvalue weighted by molar-refractivity contribution is 9.10. The highest BCUT2D eigenvalue weighted by atomic mass is 79.9. The van der Waals surface area contributed by atoms with Gasteiger partial charge in [-0.25, -0.2) is 4.79 Å². The first-order chi connectivity index (χ1) is 12.6. The number of rotatable bonds is 6. The van der Waals surface area contributed by atoms with Crippen LogP contribution in [0.15, 0.2) is 62.2 Å². The maximum atomic E-state index is 12.1. The van der Waals surface area contributed by atoms with Crippen LogP contribution in [0.4, 0.5) is 5.69 Å². The number of amides is 1. The Labute approximate surface area is 159 Å². The van der Waals surface area contributed by atoms with Crippen LogP contribution in [-0.4, -0.2) is 12.5 Å². The third kappa shape index (κ3) is 4.32. The zero-order chi connectivity index (χ0) is 18.5. The highest BCUT2D eigenvalue weighted by Crippen LogP contribution is 2.24. The number of aryl methyl sites for hydroxylation is 1. The Morgan fingerprint density at radius 1 is 1.19 bits per heavy atom. The van der Waals surface area contributed by atoms with Gasteiger partial charge in [-0.15, -0.1) is 0 Å². The molecule has 5 nitrogen and oxygen atoms in total. The van der Waals surface area contributed by atoms with E-state index in [0.717, 1.165) is 28.3 Å². The first-order valence-electron chi connectivity index (χ1n) is 8.31. The van der Waals surface area contributed by atoms with Gasteiger partial charge in [-0.1, -0.05) is 25.5 Å². The summed E-state index contributed by atoms with van der Waals surface area (Å²) in [6.45, 7) is 1.91. The van der Waals surface area contributed by atoms with E-state index in [-0.39, 0.29) is 18.1 Å². The molecule has 1 amide bonds. The molecule has 2 aromatic carbocycles. The number of ether oxygens (including phenoxy) is 1. The van der Waals surface area contributed by atoms with Gasteiger partial charge in [0.25, 0.3) is 5.91 Å². The summed E-state index contributed by atoms with van der Waals surface area (Å²) in [5.41, 5.74) is 1.71. The Hall–Kier alpha value is -2.60. The Bertz CT molecular complexity index is 997. The molecule has 3 rings (SSSR count). The molecule has 1 N–H and O–H groups in total. The van der Waals surface area contributed by atoms with E-state index >= 15 is 0 Å². The molecule has 0 aliphatic rings. The number of para-hydroxylation sites is 1. The molecule has 0 aliphatic carbocycles. The summed E-state index contributed by atoms with van der Waals surface area (Å²) in [5.74, 6) is 0.190. The monoisotopic (exact) mass is 415 g/mol. The molecule has 6 heteroatoms. The Morgan fingerprint density at radius 2 is 2.00 bits per heavy atom. The lowest BCUT2D eigenvalue weighted by Gasteiger charge is -2.10. The van der Waals surface area contributed by atoms with Crippen LogP contribution >= 0.6 is 15.9 Å². The van der Waals surface area contributed by atoms with Gasteiger partial charge in [0.05, 0.1) is 5.69 Å². The summed E-state index contributed by atoms with van der Waals surface area (Å²) in [7, 11) is 0. The lowest BCUT2D eigenvalue weighted by Crippen LogP contribution is -2.20. The number of benzene rings is 2. The van der Waals surface area contributed by atoms with E-state index in [9.17, 15) is 9.59 Å². The molecule has 0 saturated carbocycles. The summed E-state index contributed by atoms with van der Waals surface area (Å²) < 4.78 is 11.6. The van der Waals surface area contributed by atoms with E-state index in [4.69, 9.17) is 9.15 Å². The third-order valence-corrected chi connectivity index (χ3v) is 4.53. The van der Waals surface area contributed by atoms with Crippen molar-refractivity contribution in [3.05, 3.63) is 69.0 Å². The van der Waals surface area contributed by atoms with Crippen molar-refractivity contribution in [2.75, 3.05) is 11.9 Å². The first kappa shape index (κ1) is 18.2. The standard InChI is InChI=1S/C20H18BrNO4/c1-2-5-13-10-20(24)26-18-11-14(8-9-15(13)18)25-12-19(23)22-17-7-4-3-6-16(17)21/h3-4,6-11H,2,5,12H2,1H3,(H,22,23). The van der Waals surface area contributed by atoms with Gasteiger partial charge in [-0.05, 0) is 52.2 Å². The van der Waals surface area contributed by atoms with E-state index in [0.29, 0.717) is 17.0 Å². The molecule has 0 unspecified atom stereocenters. The minimum atomic E-state index is -0.384. The summed E-state index contributed by atoms with van der Waals surface area (Å²) in [6, 6.07) is 14.1. The number of nitrogens with one attached hydrogen (secondary N) is 1. The maximum Gasteiger partial charge on any atom is 0.336 e. The van der Waals surface area contributed by atoms with Crippen LogP contribution in [-0.2, 0) is 11.2 Å². The molecular formula is C20H18BrNO4. The topological polar surface area (TPSA) is 68.5 Å². The van der Waals surface area contributed by atoms with E-state index in [1.54, 1.807) is 18.2 Å². The summed E-state index contributed by atoms with van der Waals surface area (Å²) in [6.07, 6.45) is 1.74. The van der Waals surface area contributed by atoms with Crippen molar-refractivity contribution in [2.24, 2.45) is 0 Å². The molecule has 0 saturated heterocycles. The Kier molecular flexibility index (Phi) is 5.73. The van der Waals surface area contributed by atoms with E-state index in [1.807, 2.05) is 24.3 Å². The van der Waals surface area contributed by atoms with Gasteiger partial charge in [0.15, 0.2) is 6.61 Å². The second kappa shape index (κ2) is 8.19. The van der Waals surface area contributed by atoms with E-state index in [1.165, 1.54) is 6.07 Å². The lowest BCUT2D eigenvalue weighted by molar-refractivity contribution is -0.118. The van der Waals surface area contributed by atoms with Gasteiger partial charge in [0.2, 0.25) is 0 Å². The summed E-state index contributed by atoms with van der Waals surface area (Å²) in [4.78, 5) is 23.8. The molecule has 0 fully saturated rings. The van der Waals surface area contributed by atoms with Crippen molar-refractivity contribution in [1.29, 1.82) is 0 Å². The first-order valence-corrected chi connectivity index (χ1v) is 9.10. The van der Waals surface area contributed by atoms with Crippen molar-refractivity contribution in [2.45, 2.75) is 19.8 Å². The minimum absolute atomic E-state index is 0.147. The zero-order valence-electron chi connectivity index (χ0n) is 14.3. The van der Waals surface area contributed by atoms with Crippen molar-refractivity contribution in [3.8, 4) is 5.75 Å². The maximum absolute atomic E-state index is 12.1. The average Bonchev–Trinajstić information content (AvgIpc) is 2.62. The lowest BCUT2D eigenvalue weighted by atomic mass is 10.1. The van der Waals surface area contributed by atoms with Crippen LogP contribution < -0.4 is 15.7 Å². The normalized spacial score (nSPS) is 10.7. The molecule has 1 heterocycles. The molecule has 0 aliphatic heterocycles. The molecule has 0 spiro atoms. The van der Waals surface area contributed by atoms with Crippen molar-refractivity contribution in [3.63, 3.8) is 0 Å². The number of fused-ring (bicyclic) bond motifs is 1. The summed E-state index contributed by atoms with van der Waals surface area (Å²) >= 11 is 3.38. The summed E-state index contributed by atoms with van der Waals surface area (Å²) in [5, 5.41) is 3.65. The van der Waals surface area contributed by atoms with Crippen LogP contribution in [0.2, 0.25) is 0 Å². The van der Waals surface area contributed by atoms with Crippen LogP contribution in [0, 0.1) is 0 Å². The van der Waals surface area contributed by atoms with Gasteiger partial charge in [0.1, 0.15) is 11.3 Å². The minimum Gasteiger partial charge on any atom is -0.484 e. The molecule has 26 heavy (non-hydrogen) atoms. The van der Waals surface area contributed by atoms with Crippen LogP contribution in [0.25, 0.3) is 11.0 Å². The van der Waals surface area contributed by atoms with Gasteiger partial charge < -0.3 is 14.5 Å². The van der Waals surface area contributed by atoms with Crippen LogP contribution in [0.1, 0.15) is 18.9 Å². The van der Waals surface area contributed by atoms with Crippen molar-refractivity contribution < 1.29 is 13.9 Å². The van der Waals surface area contributed by atoms with Crippen LogP contribution in [0.5, 0.6) is 5.75 Å². The number of halogens is 1. The predicted octanol–water partition coefficient (Wildman–Crippen LogP) is 4.53. The number of hydrogen-bond donors (Lipinski definition) is 1. The third-order valence-electron chi connectivity index (χ3n) is 3.84. The average molecular weight is 416 g/mol. The molecule has 1 aromatic heterocycles. The fraction of sp³-hybridized carbons (Fsp3) is 0.200. The molecule has 3 aromatic rings. The van der Waals surface area contributed by atoms with Gasteiger partial charge in [-0.2, -0.15) is 0 Å². The van der Waals surface area contributed by atoms with Gasteiger partial charge in [-0.3, -0.25) is 4.79 Å². The van der Waals surface area contributed by atoms with Crippen molar-refractivity contribution in [1.82, 2.24) is 0 Å². The Morgan fingerprint density at radius 3 is 2.77 bits per heavy atom. The largest absolute Gasteiger partial charge is 0.484 e. The smallest absolute Gasteiger partial charge is 0.336 e. The van der Waals surface area contributed by atoms with E-state index < -0.39 is 0 Å². The van der Waals surface area contributed by atoms with E-state index in [2.05, 4.69) is 28.2 Å². The molecular weight excluding hydrogens is 398 g/mol. The fourth-order valence-corrected chi connectivity index (χ4v) is 3.06. The SMILES string of the molecule is CCCc1cc(=O)oc2cc(OCC(=O)Nc3ccccc3Br)ccc12. The quantitative estimate of drug-likeness (QED) is 0.600. The number of anilines is 1. The molecule has 0 bridgehead atoms. The van der Waals surface area contributed by atoms with Gasteiger partial charge >= 0.3 is 5.63 Å². The molecule has 0 radical (unpaired) electrons. The van der Waals surface area contributed by atoms with Gasteiger partial charge in [0, 0.05) is 22.0 Å². The predicted molar refractivity (Wildman–Crippen MR) is 105 cm³/mol. The zero-order valence-corrected chi connectivity index (χ0v) is 15.8. The molecule has 134 valence electrons. The van der Waals surface area contributed by atoms with Crippen LogP contribution in [0.3, 0.4) is 0 Å². The number of carbonyl (C=O) groups is 1. The second-order valence-corrected chi connectivity index (χ2v) is 6.67. The fourth-order valence-electron chi connectivity index (χ4n) is 2.67.